The molecule has 120 valence electrons. The molecule has 0 fully saturated rings. The van der Waals surface area contributed by atoms with Crippen molar-refractivity contribution in [2.75, 3.05) is 37.8 Å². The predicted molar refractivity (Wildman–Crippen MR) is 84.7 cm³/mol. The van der Waals surface area contributed by atoms with Crippen LogP contribution in [0.4, 0.5) is 5.69 Å². The van der Waals surface area contributed by atoms with Crippen LogP contribution in [-0.4, -0.2) is 41.5 Å². The average molecular weight is 316 g/mol. The molecular weight excluding hydrogens is 292 g/mol. The van der Waals surface area contributed by atoms with E-state index < -0.39 is 10.0 Å². The zero-order chi connectivity index (χ0) is 15.7. The van der Waals surface area contributed by atoms with Crippen LogP contribution in [0.25, 0.3) is 0 Å². The molecule has 1 aromatic carbocycles. The maximum Gasteiger partial charge on any atom is 0.232 e. The summed E-state index contributed by atoms with van der Waals surface area (Å²) in [7, 11) is -0.332. The molecular formula is C14H24N2O4S. The van der Waals surface area contributed by atoms with Gasteiger partial charge in [0.15, 0.2) is 0 Å². The quantitative estimate of drug-likeness (QED) is 0.644. The summed E-state index contributed by atoms with van der Waals surface area (Å²) in [6.45, 7) is 3.66. The molecule has 2 N–H and O–H groups in total. The van der Waals surface area contributed by atoms with Gasteiger partial charge < -0.3 is 14.8 Å². The Kier molecular flexibility index (Phi) is 7.31. The van der Waals surface area contributed by atoms with E-state index in [1.807, 2.05) is 0 Å². The molecule has 6 nitrogen and oxygen atoms in total. The molecule has 0 bridgehead atoms. The lowest BCUT2D eigenvalue weighted by Gasteiger charge is -2.11. The molecule has 0 saturated heterocycles. The van der Waals surface area contributed by atoms with Gasteiger partial charge in [0, 0.05) is 18.2 Å². The number of ether oxygens (including phenoxy) is 2. The summed E-state index contributed by atoms with van der Waals surface area (Å²) in [6, 6.07) is 4.93. The molecule has 0 spiro atoms. The Morgan fingerprint density at radius 2 is 1.67 bits per heavy atom. The van der Waals surface area contributed by atoms with Gasteiger partial charge in [-0.15, -0.1) is 0 Å². The normalized spacial score (nSPS) is 11.2. The lowest BCUT2D eigenvalue weighted by molar-refractivity contribution is 0.395. The first-order valence-electron chi connectivity index (χ1n) is 6.95. The second-order valence-corrected chi connectivity index (χ2v) is 6.47. The molecule has 0 heterocycles. The van der Waals surface area contributed by atoms with Crippen molar-refractivity contribution in [2.45, 2.75) is 19.8 Å². The molecule has 7 heteroatoms. The Balaban J connectivity index is 2.62. The third-order valence-electron chi connectivity index (χ3n) is 2.82. The number of rotatable bonds is 10. The first kappa shape index (κ1) is 17.6. The van der Waals surface area contributed by atoms with Gasteiger partial charge in [-0.3, -0.25) is 4.72 Å². The van der Waals surface area contributed by atoms with E-state index in [9.17, 15) is 8.42 Å². The maximum atomic E-state index is 12.0. The second-order valence-electron chi connectivity index (χ2n) is 4.63. The highest BCUT2D eigenvalue weighted by Gasteiger charge is 2.11. The third kappa shape index (κ3) is 6.68. The fourth-order valence-corrected chi connectivity index (χ4v) is 2.89. The molecule has 0 aliphatic carbocycles. The number of sulfonamides is 1. The highest BCUT2D eigenvalue weighted by Crippen LogP contribution is 2.26. The van der Waals surface area contributed by atoms with Crippen molar-refractivity contribution in [1.82, 2.24) is 5.32 Å². The van der Waals surface area contributed by atoms with Crippen LogP contribution in [0.1, 0.15) is 19.8 Å². The number of hydrogen-bond donors (Lipinski definition) is 2. The smallest absolute Gasteiger partial charge is 0.232 e. The molecule has 0 aliphatic heterocycles. The van der Waals surface area contributed by atoms with E-state index in [1.54, 1.807) is 18.2 Å². The van der Waals surface area contributed by atoms with E-state index in [1.165, 1.54) is 14.2 Å². The monoisotopic (exact) mass is 316 g/mol. The molecule has 21 heavy (non-hydrogen) atoms. The maximum absolute atomic E-state index is 12.0. The van der Waals surface area contributed by atoms with Crippen molar-refractivity contribution in [3.8, 4) is 11.5 Å². The molecule has 0 unspecified atom stereocenters. The lowest BCUT2D eigenvalue weighted by atomic mass is 10.3. The second kappa shape index (κ2) is 8.74. The Bertz CT molecular complexity index is 510. The van der Waals surface area contributed by atoms with Crippen LogP contribution in [0.15, 0.2) is 18.2 Å². The van der Waals surface area contributed by atoms with Crippen molar-refractivity contribution in [2.24, 2.45) is 0 Å². The van der Waals surface area contributed by atoms with Crippen LogP contribution in [0, 0.1) is 0 Å². The summed E-state index contributed by atoms with van der Waals surface area (Å²) in [5, 5.41) is 3.18. The van der Waals surface area contributed by atoms with Crippen LogP contribution >= 0.6 is 0 Å². The largest absolute Gasteiger partial charge is 0.497 e. The van der Waals surface area contributed by atoms with Crippen LogP contribution in [0.3, 0.4) is 0 Å². The summed E-state index contributed by atoms with van der Waals surface area (Å²) in [5.41, 5.74) is 0.438. The van der Waals surface area contributed by atoms with Crippen molar-refractivity contribution in [3.05, 3.63) is 18.2 Å². The van der Waals surface area contributed by atoms with E-state index in [0.717, 1.165) is 13.0 Å². The first-order valence-corrected chi connectivity index (χ1v) is 8.60. The van der Waals surface area contributed by atoms with E-state index >= 15 is 0 Å². The van der Waals surface area contributed by atoms with E-state index in [-0.39, 0.29) is 5.75 Å². The van der Waals surface area contributed by atoms with Gasteiger partial charge in [-0.05, 0) is 25.9 Å². The Morgan fingerprint density at radius 3 is 2.19 bits per heavy atom. The van der Waals surface area contributed by atoms with Crippen LogP contribution in [0.2, 0.25) is 0 Å². The standard InChI is InChI=1S/C14H24N2O4S/c1-4-6-15-7-5-8-21(17,18)16-12-9-13(19-2)11-14(10-12)20-3/h9-11,15-16H,4-8H2,1-3H3. The lowest BCUT2D eigenvalue weighted by Crippen LogP contribution is -2.22. The van der Waals surface area contributed by atoms with Crippen LogP contribution < -0.4 is 19.5 Å². The fourth-order valence-electron chi connectivity index (χ4n) is 1.79. The Morgan fingerprint density at radius 1 is 1.05 bits per heavy atom. The van der Waals surface area contributed by atoms with Gasteiger partial charge in [-0.1, -0.05) is 6.92 Å². The van der Waals surface area contributed by atoms with Gasteiger partial charge in [0.2, 0.25) is 10.0 Å². The summed E-state index contributed by atoms with van der Waals surface area (Å²) < 4.78 is 36.8. The van der Waals surface area contributed by atoms with E-state index in [2.05, 4.69) is 17.0 Å². The van der Waals surface area contributed by atoms with Crippen LogP contribution in [0.5, 0.6) is 11.5 Å². The minimum Gasteiger partial charge on any atom is -0.497 e. The highest BCUT2D eigenvalue weighted by atomic mass is 32.2. The van der Waals surface area contributed by atoms with E-state index in [0.29, 0.717) is 30.2 Å². The first-order chi connectivity index (χ1) is 10.0. The summed E-state index contributed by atoms with van der Waals surface area (Å²) in [6.07, 6.45) is 1.60. The SMILES string of the molecule is CCCNCCCS(=O)(=O)Nc1cc(OC)cc(OC)c1. The minimum absolute atomic E-state index is 0.0727. The minimum atomic E-state index is -3.37. The molecule has 0 radical (unpaired) electrons. The highest BCUT2D eigenvalue weighted by molar-refractivity contribution is 7.92. The zero-order valence-corrected chi connectivity index (χ0v) is 13.6. The third-order valence-corrected chi connectivity index (χ3v) is 4.19. The summed E-state index contributed by atoms with van der Waals surface area (Å²) in [4.78, 5) is 0. The van der Waals surface area contributed by atoms with Crippen molar-refractivity contribution < 1.29 is 17.9 Å². The summed E-state index contributed by atoms with van der Waals surface area (Å²) in [5.74, 6) is 1.15. The number of hydrogen-bond acceptors (Lipinski definition) is 5. The van der Waals surface area contributed by atoms with Gasteiger partial charge in [0.1, 0.15) is 11.5 Å². The number of methoxy groups -OCH3 is 2. The molecule has 0 aromatic heterocycles. The van der Waals surface area contributed by atoms with Crippen molar-refractivity contribution in [1.29, 1.82) is 0 Å². The van der Waals surface area contributed by atoms with Crippen molar-refractivity contribution in [3.63, 3.8) is 0 Å². The molecule has 0 aliphatic rings. The number of anilines is 1. The Labute approximate surface area is 126 Å². The van der Waals surface area contributed by atoms with Gasteiger partial charge in [-0.2, -0.15) is 0 Å². The van der Waals surface area contributed by atoms with Gasteiger partial charge in [-0.25, -0.2) is 8.42 Å². The van der Waals surface area contributed by atoms with Gasteiger partial charge in [0.05, 0.1) is 25.7 Å². The molecule has 0 saturated carbocycles. The molecule has 1 aromatic rings. The molecule has 0 amide bonds. The van der Waals surface area contributed by atoms with E-state index in [4.69, 9.17) is 9.47 Å². The fraction of sp³-hybridized carbons (Fsp3) is 0.571. The topological polar surface area (TPSA) is 76.7 Å². The zero-order valence-electron chi connectivity index (χ0n) is 12.8. The van der Waals surface area contributed by atoms with Crippen molar-refractivity contribution >= 4 is 15.7 Å². The predicted octanol–water partition coefficient (Wildman–Crippen LogP) is 1.84. The van der Waals surface area contributed by atoms with Gasteiger partial charge >= 0.3 is 0 Å². The molecule has 0 atom stereocenters. The van der Waals surface area contributed by atoms with Crippen LogP contribution in [-0.2, 0) is 10.0 Å². The molecule has 1 rings (SSSR count). The number of nitrogens with one attached hydrogen (secondary N) is 2. The van der Waals surface area contributed by atoms with Gasteiger partial charge in [0.25, 0.3) is 0 Å². The average Bonchev–Trinajstić information content (AvgIpc) is 2.46. The number of benzene rings is 1. The Hall–Kier alpha value is -1.47. The summed E-state index contributed by atoms with van der Waals surface area (Å²) >= 11 is 0.